The van der Waals surface area contributed by atoms with Gasteiger partial charge in [0, 0.05) is 11.8 Å². The third-order valence-electron chi connectivity index (χ3n) is 10.1. The van der Waals surface area contributed by atoms with Crippen molar-refractivity contribution in [2.75, 3.05) is 7.11 Å². The summed E-state index contributed by atoms with van der Waals surface area (Å²) in [5.41, 5.74) is -0.608. The normalized spacial score (nSPS) is 54.2. The highest BCUT2D eigenvalue weighted by Gasteiger charge is 2.74. The minimum Gasteiger partial charge on any atom is -0.469 e. The molecule has 4 nitrogen and oxygen atoms in total. The van der Waals surface area contributed by atoms with Gasteiger partial charge in [-0.15, -0.1) is 0 Å². The van der Waals surface area contributed by atoms with Crippen LogP contribution in [0.1, 0.15) is 72.1 Å². The first-order chi connectivity index (χ1) is 12.8. The van der Waals surface area contributed by atoms with Crippen molar-refractivity contribution in [3.63, 3.8) is 0 Å². The van der Waals surface area contributed by atoms with Crippen molar-refractivity contribution in [2.24, 2.45) is 40.4 Å². The quantitative estimate of drug-likeness (QED) is 0.681. The molecule has 2 saturated heterocycles. The van der Waals surface area contributed by atoms with Gasteiger partial charge in [-0.3, -0.25) is 9.59 Å². The number of carbonyl (C=O) groups is 2. The maximum Gasteiger partial charge on any atom is 0.308 e. The van der Waals surface area contributed by atoms with Gasteiger partial charge in [0.25, 0.3) is 0 Å². The van der Waals surface area contributed by atoms with Crippen molar-refractivity contribution in [3.8, 4) is 0 Å². The van der Waals surface area contributed by atoms with Gasteiger partial charge in [-0.2, -0.15) is 0 Å². The summed E-state index contributed by atoms with van der Waals surface area (Å²) in [6, 6.07) is 0. The molecule has 4 saturated carbocycles. The third-order valence-corrected chi connectivity index (χ3v) is 10.1. The summed E-state index contributed by atoms with van der Waals surface area (Å²) in [4.78, 5) is 26.1. The molecule has 6 aliphatic rings. The van der Waals surface area contributed by atoms with Crippen LogP contribution in [-0.2, 0) is 19.1 Å². The molecule has 0 aromatic rings. The molecular weight excluding hydrogens is 340 g/mol. The first-order valence-corrected chi connectivity index (χ1v) is 11.1. The molecule has 4 heteroatoms. The molecule has 6 rings (SSSR count). The predicted molar refractivity (Wildman–Crippen MR) is 101 cm³/mol. The number of carbonyl (C=O) groups excluding carboxylic acids is 2. The zero-order valence-electron chi connectivity index (χ0n) is 17.3. The molecular formula is C23H34O4. The van der Waals surface area contributed by atoms with Gasteiger partial charge >= 0.3 is 5.97 Å². The number of fused-ring (bicyclic) bond motifs is 3. The number of esters is 1. The van der Waals surface area contributed by atoms with Crippen LogP contribution in [0.4, 0.5) is 0 Å². The molecule has 0 aromatic heterocycles. The van der Waals surface area contributed by atoms with E-state index in [0.29, 0.717) is 36.1 Å². The fourth-order valence-electron chi connectivity index (χ4n) is 8.83. The first-order valence-electron chi connectivity index (χ1n) is 11.1. The summed E-state index contributed by atoms with van der Waals surface area (Å²) in [6.07, 6.45) is 8.82. The smallest absolute Gasteiger partial charge is 0.308 e. The predicted octanol–water partition coefficient (Wildman–Crippen LogP) is 4.15. The molecule has 4 bridgehead atoms. The van der Waals surface area contributed by atoms with Gasteiger partial charge < -0.3 is 9.47 Å². The van der Waals surface area contributed by atoms with Gasteiger partial charge in [0.15, 0.2) is 5.78 Å². The Morgan fingerprint density at radius 3 is 2.63 bits per heavy atom. The molecule has 0 aromatic carbocycles. The Morgan fingerprint density at radius 2 is 1.89 bits per heavy atom. The largest absolute Gasteiger partial charge is 0.469 e. The van der Waals surface area contributed by atoms with Crippen molar-refractivity contribution < 1.29 is 19.1 Å². The number of ketones is 1. The van der Waals surface area contributed by atoms with E-state index < -0.39 is 5.60 Å². The highest BCUT2D eigenvalue weighted by molar-refractivity contribution is 5.91. The van der Waals surface area contributed by atoms with Crippen LogP contribution < -0.4 is 0 Å². The van der Waals surface area contributed by atoms with Crippen LogP contribution in [0.5, 0.6) is 0 Å². The first kappa shape index (κ1) is 18.1. The van der Waals surface area contributed by atoms with Gasteiger partial charge in [-0.25, -0.2) is 0 Å². The zero-order chi connectivity index (χ0) is 19.2. The molecule has 150 valence electrons. The second-order valence-electron chi connectivity index (χ2n) is 10.8. The van der Waals surface area contributed by atoms with E-state index in [1.165, 1.54) is 13.5 Å². The summed E-state index contributed by atoms with van der Waals surface area (Å²) in [6.45, 7) is 6.65. The van der Waals surface area contributed by atoms with Crippen molar-refractivity contribution in [3.05, 3.63) is 0 Å². The van der Waals surface area contributed by atoms with E-state index in [1.807, 2.05) is 6.92 Å². The highest BCUT2D eigenvalue weighted by Crippen LogP contribution is 2.72. The van der Waals surface area contributed by atoms with Crippen molar-refractivity contribution >= 4 is 11.8 Å². The van der Waals surface area contributed by atoms with Crippen LogP contribution in [0.25, 0.3) is 0 Å². The Bertz CT molecular complexity index is 688. The molecule has 0 amide bonds. The lowest BCUT2D eigenvalue weighted by Crippen LogP contribution is -2.75. The Balaban J connectivity index is 1.55. The fourth-order valence-corrected chi connectivity index (χ4v) is 8.83. The number of hydrogen-bond acceptors (Lipinski definition) is 4. The summed E-state index contributed by atoms with van der Waals surface area (Å²) in [5.74, 6) is 1.81. The molecule has 2 aliphatic heterocycles. The van der Waals surface area contributed by atoms with Gasteiger partial charge in [-0.1, -0.05) is 20.8 Å². The van der Waals surface area contributed by atoms with E-state index in [1.54, 1.807) is 0 Å². The number of ether oxygens (including phenoxy) is 2. The molecule has 2 heterocycles. The van der Waals surface area contributed by atoms with Crippen LogP contribution in [0.2, 0.25) is 0 Å². The van der Waals surface area contributed by atoms with Crippen LogP contribution in [-0.4, -0.2) is 30.6 Å². The lowest BCUT2D eigenvalue weighted by atomic mass is 9.40. The summed E-state index contributed by atoms with van der Waals surface area (Å²) in [7, 11) is 1.48. The number of Topliss-reactive ketones (excluding diaryl/α,β-unsaturated/α-hetero) is 1. The zero-order valence-corrected chi connectivity index (χ0v) is 17.3. The van der Waals surface area contributed by atoms with Gasteiger partial charge in [-0.05, 0) is 74.0 Å². The molecule has 6 fully saturated rings. The molecule has 27 heavy (non-hydrogen) atoms. The van der Waals surface area contributed by atoms with Gasteiger partial charge in [0.05, 0.1) is 19.1 Å². The van der Waals surface area contributed by atoms with E-state index in [2.05, 4.69) is 13.8 Å². The van der Waals surface area contributed by atoms with Gasteiger partial charge in [0.1, 0.15) is 5.60 Å². The molecule has 0 N–H and O–H groups in total. The van der Waals surface area contributed by atoms with E-state index in [9.17, 15) is 9.59 Å². The van der Waals surface area contributed by atoms with Crippen LogP contribution >= 0.6 is 0 Å². The maximum absolute atomic E-state index is 13.9. The Kier molecular flexibility index (Phi) is 3.75. The van der Waals surface area contributed by atoms with Crippen molar-refractivity contribution in [2.45, 2.75) is 83.8 Å². The molecule has 9 atom stereocenters. The minimum atomic E-state index is -0.537. The fraction of sp³-hybridized carbons (Fsp3) is 0.913. The average molecular weight is 375 g/mol. The SMILES string of the molecule is COC(=O)[C@H](C)[C@@H]1CC[C@@H]2[C@@H]3CC[C@@H]4C[C@H]5CC[C@]4(C)[C@@]3(O5)C(=O)C[C@@]21C. The molecule has 0 unspecified atom stereocenters. The van der Waals surface area contributed by atoms with Gasteiger partial charge in [0.2, 0.25) is 0 Å². The lowest BCUT2D eigenvalue weighted by Gasteiger charge is -2.70. The highest BCUT2D eigenvalue weighted by atomic mass is 16.5. The Hall–Kier alpha value is -0.900. The lowest BCUT2D eigenvalue weighted by molar-refractivity contribution is -0.307. The van der Waals surface area contributed by atoms with E-state index in [4.69, 9.17) is 9.47 Å². The Morgan fingerprint density at radius 1 is 1.15 bits per heavy atom. The topological polar surface area (TPSA) is 52.6 Å². The number of methoxy groups -OCH3 is 1. The standard InChI is InChI=1S/C23H34O4/c1-13(20(25)26-4)16-7-8-17-18-6-5-14-11-15-9-10-22(14,3)23(18,27-15)19(24)12-21(16,17)2/h13-18H,5-12H2,1-4H3/t13-,14-,15-,16+,17-,18+,21-,22+,23+/m1/s1. The van der Waals surface area contributed by atoms with Crippen LogP contribution in [0, 0.1) is 40.4 Å². The minimum absolute atomic E-state index is 0.0229. The molecule has 0 radical (unpaired) electrons. The maximum atomic E-state index is 13.9. The second-order valence-corrected chi connectivity index (χ2v) is 10.8. The number of hydrogen-bond donors (Lipinski definition) is 0. The van der Waals surface area contributed by atoms with Crippen LogP contribution in [0.3, 0.4) is 0 Å². The monoisotopic (exact) mass is 374 g/mol. The van der Waals surface area contributed by atoms with Crippen LogP contribution in [0.15, 0.2) is 0 Å². The summed E-state index contributed by atoms with van der Waals surface area (Å²) < 4.78 is 11.8. The second kappa shape index (κ2) is 5.58. The van der Waals surface area contributed by atoms with E-state index in [0.717, 1.165) is 38.5 Å². The summed E-state index contributed by atoms with van der Waals surface area (Å²) in [5, 5.41) is 0. The number of rotatable bonds is 2. The van der Waals surface area contributed by atoms with Crippen molar-refractivity contribution in [1.82, 2.24) is 0 Å². The summed E-state index contributed by atoms with van der Waals surface area (Å²) >= 11 is 0. The Labute approximate surface area is 162 Å². The third kappa shape index (κ3) is 1.99. The van der Waals surface area contributed by atoms with E-state index >= 15 is 0 Å². The van der Waals surface area contributed by atoms with Crippen molar-refractivity contribution in [1.29, 1.82) is 0 Å². The molecule has 4 aliphatic carbocycles. The average Bonchev–Trinajstić information content (AvgIpc) is 2.96. The van der Waals surface area contributed by atoms with E-state index in [-0.39, 0.29) is 28.6 Å². The molecule has 1 spiro atoms.